The van der Waals surface area contributed by atoms with E-state index in [1.54, 1.807) is 5.38 Å². The number of carbonyl (C=O) groups is 3. The van der Waals surface area contributed by atoms with Gasteiger partial charge in [0.15, 0.2) is 12.3 Å². The lowest BCUT2D eigenvalue weighted by Crippen LogP contribution is -2.36. The van der Waals surface area contributed by atoms with Crippen LogP contribution < -0.4 is 11.1 Å². The molecule has 0 aliphatic heterocycles. The molecule has 21 heavy (non-hydrogen) atoms. The highest BCUT2D eigenvalue weighted by Crippen LogP contribution is 2.27. The van der Waals surface area contributed by atoms with E-state index in [9.17, 15) is 14.4 Å². The summed E-state index contributed by atoms with van der Waals surface area (Å²) in [5, 5.41) is 6.41. The van der Waals surface area contributed by atoms with Crippen molar-refractivity contribution in [2.24, 2.45) is 5.73 Å². The van der Waals surface area contributed by atoms with Gasteiger partial charge < -0.3 is 15.8 Å². The van der Waals surface area contributed by atoms with Crippen LogP contribution in [0.15, 0.2) is 22.9 Å². The zero-order valence-corrected chi connectivity index (χ0v) is 12.3. The maximum atomic E-state index is 11.7. The van der Waals surface area contributed by atoms with E-state index in [0.29, 0.717) is 0 Å². The van der Waals surface area contributed by atoms with Gasteiger partial charge in [-0.05, 0) is 11.4 Å². The summed E-state index contributed by atoms with van der Waals surface area (Å²) in [6.45, 7) is -0.784. The van der Waals surface area contributed by atoms with Crippen molar-refractivity contribution in [2.75, 3.05) is 13.2 Å². The van der Waals surface area contributed by atoms with Gasteiger partial charge in [0.05, 0.1) is 11.4 Å². The maximum absolute atomic E-state index is 11.7. The van der Waals surface area contributed by atoms with Crippen LogP contribution in [0.1, 0.15) is 10.5 Å². The van der Waals surface area contributed by atoms with Crippen molar-refractivity contribution >= 4 is 40.5 Å². The monoisotopic (exact) mass is 325 g/mol. The molecule has 2 heterocycles. The molecule has 0 aliphatic carbocycles. The van der Waals surface area contributed by atoms with E-state index in [1.807, 2.05) is 17.5 Å². The standard InChI is InChI=1S/C12H11N3O4S2/c13-9(16)4-14-10(17)5-19-12(18)7-6-21-11(15-7)8-2-1-3-20-8/h1-3,6H,4-5H2,(H2,13,16)(H,14,17). The molecule has 0 unspecified atom stereocenters. The Morgan fingerprint density at radius 1 is 1.33 bits per heavy atom. The largest absolute Gasteiger partial charge is 0.451 e. The fourth-order valence-electron chi connectivity index (χ4n) is 1.32. The van der Waals surface area contributed by atoms with Gasteiger partial charge >= 0.3 is 5.97 Å². The molecule has 2 amide bonds. The van der Waals surface area contributed by atoms with E-state index in [0.717, 1.165) is 9.88 Å². The number of nitrogens with two attached hydrogens (primary N) is 1. The predicted molar refractivity (Wildman–Crippen MR) is 77.9 cm³/mol. The fraction of sp³-hybridized carbons (Fsp3) is 0.167. The van der Waals surface area contributed by atoms with E-state index in [1.165, 1.54) is 22.7 Å². The number of hydrogen-bond donors (Lipinski definition) is 2. The predicted octanol–water partition coefficient (Wildman–Crippen LogP) is 0.630. The van der Waals surface area contributed by atoms with Gasteiger partial charge in [0, 0.05) is 5.38 Å². The highest BCUT2D eigenvalue weighted by molar-refractivity contribution is 7.20. The number of ether oxygens (including phenoxy) is 1. The number of esters is 1. The molecule has 0 saturated carbocycles. The van der Waals surface area contributed by atoms with Crippen LogP contribution in [0.2, 0.25) is 0 Å². The third kappa shape index (κ3) is 4.36. The Morgan fingerprint density at radius 2 is 2.14 bits per heavy atom. The Labute approximate surface area is 127 Å². The van der Waals surface area contributed by atoms with E-state index < -0.39 is 24.4 Å². The fourth-order valence-corrected chi connectivity index (χ4v) is 2.93. The first-order valence-electron chi connectivity index (χ1n) is 5.78. The average molecular weight is 325 g/mol. The van der Waals surface area contributed by atoms with E-state index in [2.05, 4.69) is 10.3 Å². The van der Waals surface area contributed by atoms with Gasteiger partial charge in [0.2, 0.25) is 5.91 Å². The topological polar surface area (TPSA) is 111 Å². The van der Waals surface area contributed by atoms with E-state index in [-0.39, 0.29) is 12.2 Å². The van der Waals surface area contributed by atoms with Gasteiger partial charge in [-0.2, -0.15) is 0 Å². The summed E-state index contributed by atoms with van der Waals surface area (Å²) in [6.07, 6.45) is 0. The first kappa shape index (κ1) is 15.1. The van der Waals surface area contributed by atoms with Gasteiger partial charge in [-0.15, -0.1) is 22.7 Å². The molecule has 2 rings (SSSR count). The van der Waals surface area contributed by atoms with Gasteiger partial charge in [0.1, 0.15) is 5.01 Å². The van der Waals surface area contributed by atoms with Crippen molar-refractivity contribution in [3.63, 3.8) is 0 Å². The lowest BCUT2D eigenvalue weighted by Gasteiger charge is -2.03. The summed E-state index contributed by atoms with van der Waals surface area (Å²) in [7, 11) is 0. The minimum absolute atomic E-state index is 0.145. The number of carbonyl (C=O) groups excluding carboxylic acids is 3. The molecule has 0 atom stereocenters. The van der Waals surface area contributed by atoms with Crippen molar-refractivity contribution in [2.45, 2.75) is 0 Å². The molecular weight excluding hydrogens is 314 g/mol. The van der Waals surface area contributed by atoms with Crippen LogP contribution in [0.25, 0.3) is 9.88 Å². The first-order chi connectivity index (χ1) is 10.1. The Morgan fingerprint density at radius 3 is 2.81 bits per heavy atom. The number of aromatic nitrogens is 1. The summed E-state index contributed by atoms with van der Waals surface area (Å²) in [5.41, 5.74) is 5.01. The Hall–Kier alpha value is -2.26. The normalized spacial score (nSPS) is 10.1. The summed E-state index contributed by atoms with van der Waals surface area (Å²) in [4.78, 5) is 38.6. The highest BCUT2D eigenvalue weighted by Gasteiger charge is 2.15. The highest BCUT2D eigenvalue weighted by atomic mass is 32.1. The number of thiophene rings is 1. The Balaban J connectivity index is 1.86. The molecule has 0 saturated heterocycles. The van der Waals surface area contributed by atoms with E-state index in [4.69, 9.17) is 10.5 Å². The van der Waals surface area contributed by atoms with Crippen molar-refractivity contribution in [3.8, 4) is 9.88 Å². The van der Waals surface area contributed by atoms with Crippen LogP contribution in [0.3, 0.4) is 0 Å². The molecule has 2 aromatic rings. The molecule has 0 aromatic carbocycles. The van der Waals surface area contributed by atoms with Crippen LogP contribution >= 0.6 is 22.7 Å². The number of nitrogens with zero attached hydrogens (tertiary/aromatic N) is 1. The lowest BCUT2D eigenvalue weighted by molar-refractivity contribution is -0.127. The number of rotatable bonds is 6. The average Bonchev–Trinajstić information content (AvgIpc) is 3.11. The van der Waals surface area contributed by atoms with Crippen LogP contribution in [0, 0.1) is 0 Å². The molecule has 2 aromatic heterocycles. The minimum atomic E-state index is -0.691. The van der Waals surface area contributed by atoms with Gasteiger partial charge in [-0.25, -0.2) is 9.78 Å². The number of thiazole rings is 1. The number of hydrogen-bond acceptors (Lipinski definition) is 7. The van der Waals surface area contributed by atoms with Gasteiger partial charge in [-0.1, -0.05) is 6.07 Å². The molecule has 9 heteroatoms. The van der Waals surface area contributed by atoms with Crippen molar-refractivity contribution in [1.29, 1.82) is 0 Å². The maximum Gasteiger partial charge on any atom is 0.358 e. The van der Waals surface area contributed by atoms with Crippen molar-refractivity contribution in [3.05, 3.63) is 28.6 Å². The second-order valence-electron chi connectivity index (χ2n) is 3.83. The summed E-state index contributed by atoms with van der Waals surface area (Å²) in [5.74, 6) is -1.96. The molecule has 0 radical (unpaired) electrons. The summed E-state index contributed by atoms with van der Waals surface area (Å²) < 4.78 is 4.80. The second kappa shape index (κ2) is 6.95. The van der Waals surface area contributed by atoms with Crippen molar-refractivity contribution < 1.29 is 19.1 Å². The third-order valence-corrected chi connectivity index (χ3v) is 4.12. The zero-order chi connectivity index (χ0) is 15.2. The molecular formula is C12H11N3O4S2. The number of amides is 2. The number of nitrogens with one attached hydrogen (secondary N) is 1. The van der Waals surface area contributed by atoms with Crippen LogP contribution in [0.5, 0.6) is 0 Å². The second-order valence-corrected chi connectivity index (χ2v) is 5.64. The van der Waals surface area contributed by atoms with Crippen LogP contribution in [0.4, 0.5) is 0 Å². The zero-order valence-electron chi connectivity index (χ0n) is 10.7. The third-order valence-electron chi connectivity index (χ3n) is 2.24. The van der Waals surface area contributed by atoms with Crippen LogP contribution in [-0.4, -0.2) is 35.9 Å². The number of primary amides is 1. The molecule has 0 spiro atoms. The molecule has 0 bridgehead atoms. The summed E-state index contributed by atoms with van der Waals surface area (Å²) >= 11 is 2.84. The first-order valence-corrected chi connectivity index (χ1v) is 7.53. The Kier molecular flexibility index (Phi) is 5.01. The molecule has 0 aliphatic rings. The minimum Gasteiger partial charge on any atom is -0.451 e. The van der Waals surface area contributed by atoms with Gasteiger partial charge in [0.25, 0.3) is 5.91 Å². The van der Waals surface area contributed by atoms with E-state index >= 15 is 0 Å². The van der Waals surface area contributed by atoms with Crippen LogP contribution in [-0.2, 0) is 14.3 Å². The van der Waals surface area contributed by atoms with Gasteiger partial charge in [-0.3, -0.25) is 9.59 Å². The molecule has 3 N–H and O–H groups in total. The SMILES string of the molecule is NC(=O)CNC(=O)COC(=O)c1csc(-c2cccs2)n1. The van der Waals surface area contributed by atoms with Crippen molar-refractivity contribution in [1.82, 2.24) is 10.3 Å². The molecule has 7 nitrogen and oxygen atoms in total. The lowest BCUT2D eigenvalue weighted by atomic mass is 10.4. The summed E-state index contributed by atoms with van der Waals surface area (Å²) in [6, 6.07) is 3.79. The molecule has 0 fully saturated rings. The quantitative estimate of drug-likeness (QED) is 0.757. The Bertz CT molecular complexity index is 651. The molecule has 110 valence electrons. The smallest absolute Gasteiger partial charge is 0.358 e.